The zero-order valence-electron chi connectivity index (χ0n) is 9.00. The SMILES string of the molecule is Cc1ccc(C(=O)OC(C)C)c(C)n1. The maximum atomic E-state index is 11.5. The molecule has 0 saturated carbocycles. The third-order valence-electron chi connectivity index (χ3n) is 1.79. The van der Waals surface area contributed by atoms with Crippen molar-refractivity contribution in [3.05, 3.63) is 29.1 Å². The molecule has 0 aromatic carbocycles. The molecule has 0 aliphatic rings. The zero-order chi connectivity index (χ0) is 10.7. The van der Waals surface area contributed by atoms with Crippen molar-refractivity contribution < 1.29 is 9.53 Å². The number of esters is 1. The molecular weight excluding hydrogens is 178 g/mol. The predicted molar refractivity (Wildman–Crippen MR) is 54.3 cm³/mol. The van der Waals surface area contributed by atoms with E-state index in [1.165, 1.54) is 0 Å². The van der Waals surface area contributed by atoms with E-state index in [0.29, 0.717) is 5.56 Å². The van der Waals surface area contributed by atoms with Crippen molar-refractivity contribution in [2.75, 3.05) is 0 Å². The van der Waals surface area contributed by atoms with E-state index in [1.807, 2.05) is 33.8 Å². The van der Waals surface area contributed by atoms with Gasteiger partial charge in [-0.1, -0.05) is 0 Å². The molecule has 0 aliphatic carbocycles. The fraction of sp³-hybridized carbons (Fsp3) is 0.455. The van der Waals surface area contributed by atoms with E-state index >= 15 is 0 Å². The van der Waals surface area contributed by atoms with Crippen LogP contribution in [0.25, 0.3) is 0 Å². The van der Waals surface area contributed by atoms with Crippen LogP contribution in [0, 0.1) is 13.8 Å². The number of hydrogen-bond acceptors (Lipinski definition) is 3. The van der Waals surface area contributed by atoms with Gasteiger partial charge in [-0.2, -0.15) is 0 Å². The number of carbonyl (C=O) groups excluding carboxylic acids is 1. The standard InChI is InChI=1S/C11H15NO2/c1-7(2)14-11(13)10-6-5-8(3)12-9(10)4/h5-7H,1-4H3. The van der Waals surface area contributed by atoms with E-state index in [2.05, 4.69) is 4.98 Å². The van der Waals surface area contributed by atoms with E-state index in [9.17, 15) is 4.79 Å². The molecule has 0 unspecified atom stereocenters. The van der Waals surface area contributed by atoms with Gasteiger partial charge in [0.05, 0.1) is 17.4 Å². The molecule has 1 heterocycles. The highest BCUT2D eigenvalue weighted by Gasteiger charge is 2.12. The first-order valence-electron chi connectivity index (χ1n) is 4.66. The molecule has 0 fully saturated rings. The summed E-state index contributed by atoms with van der Waals surface area (Å²) in [5.41, 5.74) is 2.17. The minimum atomic E-state index is -0.301. The summed E-state index contributed by atoms with van der Waals surface area (Å²) in [5.74, 6) is -0.301. The minimum absolute atomic E-state index is 0.0943. The molecule has 76 valence electrons. The summed E-state index contributed by atoms with van der Waals surface area (Å²) >= 11 is 0. The number of ether oxygens (including phenoxy) is 1. The number of carbonyl (C=O) groups is 1. The van der Waals surface area contributed by atoms with E-state index in [0.717, 1.165) is 11.4 Å². The van der Waals surface area contributed by atoms with Crippen LogP contribution >= 0.6 is 0 Å². The van der Waals surface area contributed by atoms with Gasteiger partial charge in [-0.05, 0) is 39.8 Å². The summed E-state index contributed by atoms with van der Waals surface area (Å²) in [6.45, 7) is 7.36. The maximum absolute atomic E-state index is 11.5. The quantitative estimate of drug-likeness (QED) is 0.676. The molecule has 1 rings (SSSR count). The number of pyridine rings is 1. The zero-order valence-corrected chi connectivity index (χ0v) is 9.00. The third-order valence-corrected chi connectivity index (χ3v) is 1.79. The molecule has 14 heavy (non-hydrogen) atoms. The van der Waals surface area contributed by atoms with Crippen molar-refractivity contribution in [2.24, 2.45) is 0 Å². The summed E-state index contributed by atoms with van der Waals surface area (Å²) in [5, 5.41) is 0. The molecule has 0 saturated heterocycles. The second-order valence-corrected chi connectivity index (χ2v) is 3.54. The van der Waals surface area contributed by atoms with E-state index in [4.69, 9.17) is 4.74 Å². The van der Waals surface area contributed by atoms with Crippen LogP contribution < -0.4 is 0 Å². The largest absolute Gasteiger partial charge is 0.459 e. The van der Waals surface area contributed by atoms with Crippen LogP contribution in [0.15, 0.2) is 12.1 Å². The average molecular weight is 193 g/mol. The van der Waals surface area contributed by atoms with Crippen LogP contribution in [-0.4, -0.2) is 17.1 Å². The second kappa shape index (κ2) is 4.22. The smallest absolute Gasteiger partial charge is 0.340 e. The monoisotopic (exact) mass is 193 g/mol. The first kappa shape index (κ1) is 10.7. The minimum Gasteiger partial charge on any atom is -0.459 e. The summed E-state index contributed by atoms with van der Waals surface area (Å²) < 4.78 is 5.08. The van der Waals surface area contributed by atoms with Crippen LogP contribution in [0.2, 0.25) is 0 Å². The first-order chi connectivity index (χ1) is 6.50. The Morgan fingerprint density at radius 2 is 2.00 bits per heavy atom. The highest BCUT2D eigenvalue weighted by molar-refractivity contribution is 5.90. The van der Waals surface area contributed by atoms with Crippen molar-refractivity contribution in [1.29, 1.82) is 0 Å². The van der Waals surface area contributed by atoms with Crippen molar-refractivity contribution in [2.45, 2.75) is 33.8 Å². The molecule has 0 radical (unpaired) electrons. The molecule has 3 nitrogen and oxygen atoms in total. The Hall–Kier alpha value is -1.38. The van der Waals surface area contributed by atoms with Gasteiger partial charge in [0.1, 0.15) is 0 Å². The third kappa shape index (κ3) is 2.55. The van der Waals surface area contributed by atoms with E-state index < -0.39 is 0 Å². The van der Waals surface area contributed by atoms with Gasteiger partial charge >= 0.3 is 5.97 Å². The van der Waals surface area contributed by atoms with Crippen molar-refractivity contribution in [3.63, 3.8) is 0 Å². The Balaban J connectivity index is 2.90. The van der Waals surface area contributed by atoms with Crippen molar-refractivity contribution in [1.82, 2.24) is 4.98 Å². The lowest BCUT2D eigenvalue weighted by atomic mass is 10.2. The van der Waals surface area contributed by atoms with Gasteiger partial charge < -0.3 is 4.74 Å². The fourth-order valence-corrected chi connectivity index (χ4v) is 1.18. The Labute approximate surface area is 84.1 Å². The number of hydrogen-bond donors (Lipinski definition) is 0. The summed E-state index contributed by atoms with van der Waals surface area (Å²) in [6.07, 6.45) is -0.0943. The van der Waals surface area contributed by atoms with Gasteiger partial charge in [-0.25, -0.2) is 4.79 Å². The number of rotatable bonds is 2. The predicted octanol–water partition coefficient (Wildman–Crippen LogP) is 2.26. The Kier molecular flexibility index (Phi) is 3.23. The van der Waals surface area contributed by atoms with E-state index in [1.54, 1.807) is 6.07 Å². The second-order valence-electron chi connectivity index (χ2n) is 3.54. The van der Waals surface area contributed by atoms with Crippen LogP contribution in [0.1, 0.15) is 35.6 Å². The van der Waals surface area contributed by atoms with Crippen LogP contribution in [0.5, 0.6) is 0 Å². The van der Waals surface area contributed by atoms with Gasteiger partial charge in [-0.15, -0.1) is 0 Å². The highest BCUT2D eigenvalue weighted by atomic mass is 16.5. The molecule has 3 heteroatoms. The van der Waals surface area contributed by atoms with Gasteiger partial charge in [0.25, 0.3) is 0 Å². The first-order valence-corrected chi connectivity index (χ1v) is 4.66. The lowest BCUT2D eigenvalue weighted by Crippen LogP contribution is -2.13. The Morgan fingerprint density at radius 1 is 1.36 bits per heavy atom. The van der Waals surface area contributed by atoms with Gasteiger partial charge in [0, 0.05) is 5.69 Å². The average Bonchev–Trinajstić information content (AvgIpc) is 2.01. The van der Waals surface area contributed by atoms with Crippen molar-refractivity contribution >= 4 is 5.97 Å². The van der Waals surface area contributed by atoms with Gasteiger partial charge in [0.2, 0.25) is 0 Å². The van der Waals surface area contributed by atoms with Crippen LogP contribution in [-0.2, 0) is 4.74 Å². The molecule has 1 aromatic heterocycles. The number of aryl methyl sites for hydroxylation is 2. The fourth-order valence-electron chi connectivity index (χ4n) is 1.18. The molecule has 0 bridgehead atoms. The maximum Gasteiger partial charge on any atom is 0.340 e. The lowest BCUT2D eigenvalue weighted by Gasteiger charge is -2.09. The Bertz CT molecular complexity index is 345. The summed E-state index contributed by atoms with van der Waals surface area (Å²) in [7, 11) is 0. The molecule has 0 N–H and O–H groups in total. The topological polar surface area (TPSA) is 39.2 Å². The molecule has 0 amide bonds. The molecule has 0 atom stereocenters. The van der Waals surface area contributed by atoms with Gasteiger partial charge in [-0.3, -0.25) is 4.98 Å². The number of aromatic nitrogens is 1. The number of nitrogens with zero attached hydrogens (tertiary/aromatic N) is 1. The summed E-state index contributed by atoms with van der Waals surface area (Å²) in [6, 6.07) is 3.56. The van der Waals surface area contributed by atoms with Gasteiger partial charge in [0.15, 0.2) is 0 Å². The molecule has 0 aliphatic heterocycles. The molecule has 0 spiro atoms. The lowest BCUT2D eigenvalue weighted by molar-refractivity contribution is 0.0376. The molecule has 1 aromatic rings. The van der Waals surface area contributed by atoms with Crippen LogP contribution in [0.4, 0.5) is 0 Å². The molecular formula is C11H15NO2. The van der Waals surface area contributed by atoms with Crippen LogP contribution in [0.3, 0.4) is 0 Å². The summed E-state index contributed by atoms with van der Waals surface area (Å²) in [4.78, 5) is 15.7. The normalized spacial score (nSPS) is 10.4. The van der Waals surface area contributed by atoms with Crippen molar-refractivity contribution in [3.8, 4) is 0 Å². The van der Waals surface area contributed by atoms with E-state index in [-0.39, 0.29) is 12.1 Å². The highest BCUT2D eigenvalue weighted by Crippen LogP contribution is 2.09. The Morgan fingerprint density at radius 3 is 2.50 bits per heavy atom.